The summed E-state index contributed by atoms with van der Waals surface area (Å²) >= 11 is 0. The van der Waals surface area contributed by atoms with Gasteiger partial charge in [-0.25, -0.2) is 13.8 Å². The van der Waals surface area contributed by atoms with Gasteiger partial charge in [-0.05, 0) is 51.7 Å². The number of nitrogens with zero attached hydrogens (tertiary/aromatic N) is 2. The van der Waals surface area contributed by atoms with Crippen LogP contribution in [0, 0.1) is 12.8 Å². The molecular weight excluding hydrogens is 504 g/mol. The van der Waals surface area contributed by atoms with Gasteiger partial charge in [0.15, 0.2) is 5.82 Å². The summed E-state index contributed by atoms with van der Waals surface area (Å²) in [7, 11) is 0. The van der Waals surface area contributed by atoms with Gasteiger partial charge in [0, 0.05) is 73.2 Å². The summed E-state index contributed by atoms with van der Waals surface area (Å²) in [6.07, 6.45) is 5.49. The number of aromatic nitrogens is 3. The molecule has 3 aromatic heterocycles. The molecule has 210 valence electrons. The van der Waals surface area contributed by atoms with E-state index in [1.165, 1.54) is 0 Å². The molecule has 10 heteroatoms. The minimum absolute atomic E-state index is 0.0134. The van der Waals surface area contributed by atoms with E-state index in [1.807, 2.05) is 32.0 Å². The number of piperidine rings is 1. The maximum Gasteiger partial charge on any atom is 0.251 e. The third-order valence-electron chi connectivity index (χ3n) is 7.67. The molecule has 0 unspecified atom stereocenters. The van der Waals surface area contributed by atoms with Crippen molar-refractivity contribution in [2.24, 2.45) is 5.92 Å². The van der Waals surface area contributed by atoms with Crippen LogP contribution in [0.1, 0.15) is 45.1 Å². The molecule has 3 aromatic rings. The van der Waals surface area contributed by atoms with Gasteiger partial charge in [-0.2, -0.15) is 0 Å². The molecule has 2 fully saturated rings. The molecule has 0 radical (unpaired) electrons. The number of rotatable bonds is 8. The number of hydrogen-bond acceptors (Lipinski definition) is 7. The molecule has 8 nitrogen and oxygen atoms in total. The number of nitrogens with one attached hydrogen (secondary N) is 3. The van der Waals surface area contributed by atoms with E-state index in [9.17, 15) is 13.6 Å². The fourth-order valence-corrected chi connectivity index (χ4v) is 5.53. The smallest absolute Gasteiger partial charge is 0.251 e. The van der Waals surface area contributed by atoms with Crippen molar-refractivity contribution in [1.82, 2.24) is 20.3 Å². The normalized spacial score (nSPS) is 23.8. The van der Waals surface area contributed by atoms with Crippen molar-refractivity contribution in [1.29, 1.82) is 0 Å². The zero-order valence-corrected chi connectivity index (χ0v) is 22.7. The Bertz CT molecular complexity index is 1320. The summed E-state index contributed by atoms with van der Waals surface area (Å²) in [5.74, 6) is -1.92. The van der Waals surface area contributed by atoms with Crippen molar-refractivity contribution in [3.8, 4) is 11.1 Å². The van der Waals surface area contributed by atoms with Crippen molar-refractivity contribution in [3.63, 3.8) is 0 Å². The predicted octanol–water partition coefficient (Wildman–Crippen LogP) is 4.68. The molecule has 0 bridgehead atoms. The second-order valence-electron chi connectivity index (χ2n) is 11.1. The van der Waals surface area contributed by atoms with Crippen molar-refractivity contribution >= 4 is 16.7 Å². The maximum atomic E-state index is 13.7. The van der Waals surface area contributed by atoms with E-state index in [1.54, 1.807) is 25.5 Å². The largest absolute Gasteiger partial charge is 0.374 e. The standard InChI is InChI=1S/C29H37F2N5O3/c1-17(2)39-24-15-33-14-23(38-16-19-6-8-29(30,31)9-7-19)26(24)35-27-25-21(11-18(3)28(37)36-25)22(13-34-27)20-5-4-10-32-12-20/h4-5,10-13,17,19,23-24,26,33H,6-9,14-16H2,1-3H3,(H,34,35)(H,36,37)/t23-,24+,26+/m1/s1. The summed E-state index contributed by atoms with van der Waals surface area (Å²) in [5.41, 5.74) is 2.78. The lowest BCUT2D eigenvalue weighted by Crippen LogP contribution is -2.59. The first-order chi connectivity index (χ1) is 18.7. The van der Waals surface area contributed by atoms with Crippen LogP contribution in [0.3, 0.4) is 0 Å². The van der Waals surface area contributed by atoms with Gasteiger partial charge in [0.05, 0.1) is 29.9 Å². The van der Waals surface area contributed by atoms with Crippen LogP contribution in [0.2, 0.25) is 0 Å². The fraction of sp³-hybridized carbons (Fsp3) is 0.552. The molecule has 1 aliphatic carbocycles. The molecule has 39 heavy (non-hydrogen) atoms. The number of anilines is 1. The maximum absolute atomic E-state index is 13.7. The van der Waals surface area contributed by atoms with Crippen LogP contribution in [0.4, 0.5) is 14.6 Å². The number of aromatic amines is 1. The Balaban J connectivity index is 1.45. The Labute approximate surface area is 226 Å². The molecular formula is C29H37F2N5O3. The van der Waals surface area contributed by atoms with E-state index < -0.39 is 5.92 Å². The van der Waals surface area contributed by atoms with Crippen LogP contribution < -0.4 is 16.2 Å². The monoisotopic (exact) mass is 541 g/mol. The molecule has 0 amide bonds. The number of alkyl halides is 2. The number of fused-ring (bicyclic) bond motifs is 1. The lowest BCUT2D eigenvalue weighted by atomic mass is 9.87. The van der Waals surface area contributed by atoms with Crippen LogP contribution in [0.25, 0.3) is 22.0 Å². The van der Waals surface area contributed by atoms with E-state index in [-0.39, 0.29) is 48.7 Å². The minimum atomic E-state index is -2.56. The Hall–Kier alpha value is -2.95. The highest BCUT2D eigenvalue weighted by Crippen LogP contribution is 2.37. The van der Waals surface area contributed by atoms with E-state index in [0.717, 1.165) is 16.5 Å². The quantitative estimate of drug-likeness (QED) is 0.381. The third kappa shape index (κ3) is 6.45. The van der Waals surface area contributed by atoms with Gasteiger partial charge >= 0.3 is 0 Å². The summed E-state index contributed by atoms with van der Waals surface area (Å²) in [5, 5.41) is 7.80. The number of halogens is 2. The van der Waals surface area contributed by atoms with E-state index in [2.05, 4.69) is 20.6 Å². The molecule has 2 aliphatic rings. The SMILES string of the molecule is Cc1cc2c(-c3cccnc3)cnc(N[C@@H]3[C@@H](OC(C)C)CNC[C@H]3OCC3CCC(F)(F)CC3)c2[nH]c1=O. The number of aryl methyl sites for hydroxylation is 1. The van der Waals surface area contributed by atoms with Crippen LogP contribution in [-0.4, -0.2) is 64.9 Å². The molecule has 5 rings (SSSR count). The zero-order valence-electron chi connectivity index (χ0n) is 22.7. The van der Waals surface area contributed by atoms with Gasteiger partial charge in [0.25, 0.3) is 5.56 Å². The van der Waals surface area contributed by atoms with Crippen LogP contribution >= 0.6 is 0 Å². The summed E-state index contributed by atoms with van der Waals surface area (Å²) in [6, 6.07) is 5.43. The molecule has 0 spiro atoms. The van der Waals surface area contributed by atoms with Gasteiger partial charge in [-0.1, -0.05) is 6.07 Å². The number of ether oxygens (including phenoxy) is 2. The number of pyridine rings is 3. The highest BCUT2D eigenvalue weighted by Gasteiger charge is 2.38. The van der Waals surface area contributed by atoms with Crippen LogP contribution in [0.5, 0.6) is 0 Å². The van der Waals surface area contributed by atoms with Gasteiger partial charge in [-0.3, -0.25) is 9.78 Å². The van der Waals surface area contributed by atoms with Crippen molar-refractivity contribution in [2.45, 2.75) is 76.7 Å². The summed E-state index contributed by atoms with van der Waals surface area (Å²) < 4.78 is 39.9. The average molecular weight is 542 g/mol. The number of hydrogen-bond donors (Lipinski definition) is 3. The first-order valence-electron chi connectivity index (χ1n) is 13.8. The predicted molar refractivity (Wildman–Crippen MR) is 147 cm³/mol. The Kier molecular flexibility index (Phi) is 8.25. The fourth-order valence-electron chi connectivity index (χ4n) is 5.53. The summed E-state index contributed by atoms with van der Waals surface area (Å²) in [4.78, 5) is 24.7. The molecule has 1 saturated carbocycles. The molecule has 1 aliphatic heterocycles. The highest BCUT2D eigenvalue weighted by molar-refractivity contribution is 5.99. The molecule has 3 N–H and O–H groups in total. The second-order valence-corrected chi connectivity index (χ2v) is 11.1. The van der Waals surface area contributed by atoms with E-state index >= 15 is 0 Å². The van der Waals surface area contributed by atoms with Crippen molar-refractivity contribution < 1.29 is 18.3 Å². The van der Waals surface area contributed by atoms with Crippen LogP contribution in [0.15, 0.2) is 41.6 Å². The Morgan fingerprint density at radius 3 is 2.67 bits per heavy atom. The lowest BCUT2D eigenvalue weighted by molar-refractivity contribution is -0.0860. The topological polar surface area (TPSA) is 101 Å². The van der Waals surface area contributed by atoms with Crippen LogP contribution in [-0.2, 0) is 9.47 Å². The number of H-pyrrole nitrogens is 1. The lowest BCUT2D eigenvalue weighted by Gasteiger charge is -2.40. The van der Waals surface area contributed by atoms with Gasteiger partial charge < -0.3 is 25.1 Å². The first-order valence-corrected chi connectivity index (χ1v) is 13.8. The molecule has 1 saturated heterocycles. The second kappa shape index (κ2) is 11.7. The third-order valence-corrected chi connectivity index (χ3v) is 7.67. The van der Waals surface area contributed by atoms with Crippen molar-refractivity contribution in [2.75, 3.05) is 25.0 Å². The zero-order chi connectivity index (χ0) is 27.6. The highest BCUT2D eigenvalue weighted by atomic mass is 19.3. The van der Waals surface area contributed by atoms with Crippen molar-refractivity contribution in [3.05, 3.63) is 52.7 Å². The average Bonchev–Trinajstić information content (AvgIpc) is 2.90. The van der Waals surface area contributed by atoms with E-state index in [0.29, 0.717) is 49.4 Å². The van der Waals surface area contributed by atoms with Gasteiger partial charge in [0.1, 0.15) is 0 Å². The van der Waals surface area contributed by atoms with Gasteiger partial charge in [-0.15, -0.1) is 0 Å². The Morgan fingerprint density at radius 2 is 1.95 bits per heavy atom. The summed E-state index contributed by atoms with van der Waals surface area (Å²) in [6.45, 7) is 7.37. The molecule has 0 aromatic carbocycles. The minimum Gasteiger partial charge on any atom is -0.374 e. The molecule has 3 atom stereocenters. The van der Waals surface area contributed by atoms with Gasteiger partial charge in [0.2, 0.25) is 5.92 Å². The Morgan fingerprint density at radius 1 is 1.18 bits per heavy atom. The molecule has 4 heterocycles. The first kappa shape index (κ1) is 27.6. The van der Waals surface area contributed by atoms with E-state index in [4.69, 9.17) is 14.5 Å².